The maximum absolute atomic E-state index is 11.9. The summed E-state index contributed by atoms with van der Waals surface area (Å²) < 4.78 is 5.09. The molecule has 0 unspecified atom stereocenters. The lowest BCUT2D eigenvalue weighted by Crippen LogP contribution is -2.02. The number of thioether (sulfide) groups is 1. The van der Waals surface area contributed by atoms with E-state index in [1.807, 2.05) is 31.2 Å². The van der Waals surface area contributed by atoms with Crippen molar-refractivity contribution in [3.8, 4) is 0 Å². The first-order valence-corrected chi connectivity index (χ1v) is 7.97. The van der Waals surface area contributed by atoms with Crippen molar-refractivity contribution in [1.82, 2.24) is 0 Å². The molecule has 0 N–H and O–H groups in total. The van der Waals surface area contributed by atoms with Crippen LogP contribution >= 0.6 is 11.8 Å². The van der Waals surface area contributed by atoms with Crippen LogP contribution in [0.15, 0.2) is 59.5 Å². The van der Waals surface area contributed by atoms with Crippen molar-refractivity contribution >= 4 is 23.3 Å². The molecule has 2 aromatic rings. The highest BCUT2D eigenvalue weighted by atomic mass is 32.2. The maximum Gasteiger partial charge on any atom is 0.331 e. The quantitative estimate of drug-likeness (QED) is 0.611. The zero-order valence-electron chi connectivity index (χ0n) is 11.8. The van der Waals surface area contributed by atoms with Gasteiger partial charge in [-0.1, -0.05) is 42.5 Å². The van der Waals surface area contributed by atoms with E-state index in [9.17, 15) is 4.79 Å². The number of ether oxygens (including phenoxy) is 1. The molecular formula is C18H16O2S. The van der Waals surface area contributed by atoms with Crippen LogP contribution in [0.25, 0.3) is 5.57 Å². The molecule has 3 rings (SSSR count). The highest BCUT2D eigenvalue weighted by molar-refractivity contribution is 7.98. The molecule has 1 aliphatic heterocycles. The Morgan fingerprint density at radius 1 is 1.14 bits per heavy atom. The first-order chi connectivity index (χ1) is 10.3. The summed E-state index contributed by atoms with van der Waals surface area (Å²) >= 11 is 1.80. The van der Waals surface area contributed by atoms with Crippen LogP contribution in [0.2, 0.25) is 0 Å². The monoisotopic (exact) mass is 296 g/mol. The molecule has 1 aliphatic rings. The van der Waals surface area contributed by atoms with Crippen LogP contribution in [-0.4, -0.2) is 12.6 Å². The Labute approximate surface area is 128 Å². The highest BCUT2D eigenvalue weighted by Gasteiger charge is 2.19. The van der Waals surface area contributed by atoms with Gasteiger partial charge in [0.2, 0.25) is 0 Å². The summed E-state index contributed by atoms with van der Waals surface area (Å²) in [6.07, 6.45) is 1.62. The Bertz CT molecular complexity index is 654. The van der Waals surface area contributed by atoms with Gasteiger partial charge >= 0.3 is 5.97 Å². The molecule has 2 aromatic carbocycles. The number of esters is 1. The number of hydrogen-bond donors (Lipinski definition) is 0. The zero-order chi connectivity index (χ0) is 14.7. The van der Waals surface area contributed by atoms with Crippen molar-refractivity contribution in [1.29, 1.82) is 0 Å². The molecule has 0 saturated carbocycles. The van der Waals surface area contributed by atoms with Gasteiger partial charge in [-0.25, -0.2) is 4.79 Å². The number of hydrogen-bond acceptors (Lipinski definition) is 3. The van der Waals surface area contributed by atoms with Crippen molar-refractivity contribution in [3.63, 3.8) is 0 Å². The minimum Gasteiger partial charge on any atom is -0.463 e. The highest BCUT2D eigenvalue weighted by Crippen LogP contribution is 2.39. The van der Waals surface area contributed by atoms with Crippen LogP contribution in [0.5, 0.6) is 0 Å². The molecular weight excluding hydrogens is 280 g/mol. The van der Waals surface area contributed by atoms with Crippen molar-refractivity contribution in [3.05, 3.63) is 71.3 Å². The largest absolute Gasteiger partial charge is 0.463 e. The lowest BCUT2D eigenvalue weighted by Gasteiger charge is -2.10. The topological polar surface area (TPSA) is 26.3 Å². The van der Waals surface area contributed by atoms with E-state index in [4.69, 9.17) is 4.74 Å². The predicted octanol–water partition coefficient (Wildman–Crippen LogP) is 4.29. The molecule has 0 amide bonds. The molecule has 106 valence electrons. The Morgan fingerprint density at radius 3 is 2.67 bits per heavy atom. The van der Waals surface area contributed by atoms with Gasteiger partial charge in [-0.3, -0.25) is 0 Å². The van der Waals surface area contributed by atoms with Crippen molar-refractivity contribution in [2.45, 2.75) is 17.6 Å². The van der Waals surface area contributed by atoms with Crippen LogP contribution < -0.4 is 0 Å². The fourth-order valence-corrected chi connectivity index (χ4v) is 3.55. The van der Waals surface area contributed by atoms with Crippen molar-refractivity contribution in [2.24, 2.45) is 0 Å². The van der Waals surface area contributed by atoms with E-state index in [2.05, 4.69) is 24.3 Å². The predicted molar refractivity (Wildman–Crippen MR) is 86.2 cm³/mol. The van der Waals surface area contributed by atoms with Crippen LogP contribution in [0.3, 0.4) is 0 Å². The molecule has 21 heavy (non-hydrogen) atoms. The molecule has 0 atom stereocenters. The lowest BCUT2D eigenvalue weighted by atomic mass is 9.94. The van der Waals surface area contributed by atoms with E-state index in [0.29, 0.717) is 6.61 Å². The standard InChI is InChI=1S/C18H16O2S/c1-2-20-18(19)11-16-14-8-4-3-7-13(14)12-21-17-10-6-5-9-15(16)17/h3-11H,2,12H2,1H3/b16-11-. The number of carbonyl (C=O) groups is 1. The first kappa shape index (κ1) is 14.0. The molecule has 0 radical (unpaired) electrons. The molecule has 0 aromatic heterocycles. The Balaban J connectivity index is 2.18. The minimum absolute atomic E-state index is 0.288. The third kappa shape index (κ3) is 2.88. The summed E-state index contributed by atoms with van der Waals surface area (Å²) in [5, 5.41) is 0. The van der Waals surface area contributed by atoms with Gasteiger partial charge in [0, 0.05) is 16.7 Å². The van der Waals surface area contributed by atoms with Gasteiger partial charge in [0.05, 0.1) is 6.61 Å². The SMILES string of the molecule is CCOC(=O)/C=C1/c2ccccc2CSc2ccccc21. The lowest BCUT2D eigenvalue weighted by molar-refractivity contribution is -0.137. The summed E-state index contributed by atoms with van der Waals surface area (Å²) in [5.74, 6) is 0.622. The molecule has 0 spiro atoms. The second kappa shape index (κ2) is 6.19. The summed E-state index contributed by atoms with van der Waals surface area (Å²) in [7, 11) is 0. The fourth-order valence-electron chi connectivity index (χ4n) is 2.48. The van der Waals surface area contributed by atoms with Crippen LogP contribution in [-0.2, 0) is 15.3 Å². The molecule has 1 heterocycles. The number of carbonyl (C=O) groups excluding carboxylic acids is 1. The smallest absolute Gasteiger partial charge is 0.331 e. The van der Waals surface area contributed by atoms with Crippen molar-refractivity contribution in [2.75, 3.05) is 6.61 Å². The van der Waals surface area contributed by atoms with Gasteiger partial charge in [-0.15, -0.1) is 11.8 Å². The van der Waals surface area contributed by atoms with Crippen molar-refractivity contribution < 1.29 is 9.53 Å². The molecule has 0 fully saturated rings. The van der Waals surface area contributed by atoms with E-state index in [0.717, 1.165) is 22.5 Å². The second-order valence-corrected chi connectivity index (χ2v) is 5.77. The average Bonchev–Trinajstić information content (AvgIpc) is 2.66. The molecule has 0 bridgehead atoms. The third-order valence-electron chi connectivity index (χ3n) is 3.42. The summed E-state index contributed by atoms with van der Waals surface area (Å²) in [5.41, 5.74) is 4.41. The molecule has 0 aliphatic carbocycles. The van der Waals surface area contributed by atoms with Gasteiger partial charge in [0.25, 0.3) is 0 Å². The maximum atomic E-state index is 11.9. The summed E-state index contributed by atoms with van der Waals surface area (Å²) in [6.45, 7) is 2.21. The fraction of sp³-hybridized carbons (Fsp3) is 0.167. The van der Waals surface area contributed by atoms with Crippen LogP contribution in [0.4, 0.5) is 0 Å². The van der Waals surface area contributed by atoms with Crippen LogP contribution in [0, 0.1) is 0 Å². The summed E-state index contributed by atoms with van der Waals surface area (Å²) in [4.78, 5) is 13.1. The number of benzene rings is 2. The first-order valence-electron chi connectivity index (χ1n) is 6.98. The zero-order valence-corrected chi connectivity index (χ0v) is 12.7. The molecule has 3 heteroatoms. The normalized spacial score (nSPS) is 15.0. The number of rotatable bonds is 2. The average molecular weight is 296 g/mol. The Morgan fingerprint density at radius 2 is 1.86 bits per heavy atom. The number of fused-ring (bicyclic) bond motifs is 2. The van der Waals surface area contributed by atoms with Gasteiger partial charge in [0.1, 0.15) is 0 Å². The van der Waals surface area contributed by atoms with E-state index < -0.39 is 0 Å². The van der Waals surface area contributed by atoms with Gasteiger partial charge in [-0.2, -0.15) is 0 Å². The Hall–Kier alpha value is -2.00. The van der Waals surface area contributed by atoms with Gasteiger partial charge < -0.3 is 4.74 Å². The van der Waals surface area contributed by atoms with E-state index in [1.54, 1.807) is 17.8 Å². The van der Waals surface area contributed by atoms with E-state index in [-0.39, 0.29) is 5.97 Å². The third-order valence-corrected chi connectivity index (χ3v) is 4.54. The minimum atomic E-state index is -0.288. The van der Waals surface area contributed by atoms with E-state index in [1.165, 1.54) is 10.5 Å². The molecule has 0 saturated heterocycles. The van der Waals surface area contributed by atoms with Gasteiger partial charge in [0.15, 0.2) is 0 Å². The second-order valence-electron chi connectivity index (χ2n) is 4.75. The van der Waals surface area contributed by atoms with Crippen LogP contribution in [0.1, 0.15) is 23.6 Å². The van der Waals surface area contributed by atoms with E-state index >= 15 is 0 Å². The van der Waals surface area contributed by atoms with Gasteiger partial charge in [-0.05, 0) is 35.3 Å². The molecule has 2 nitrogen and oxygen atoms in total. The Kier molecular flexibility index (Phi) is 4.11. The summed E-state index contributed by atoms with van der Waals surface area (Å²) in [6, 6.07) is 16.4.